The van der Waals surface area contributed by atoms with E-state index in [1.54, 1.807) is 0 Å². The van der Waals surface area contributed by atoms with Gasteiger partial charge >= 0.3 is 0 Å². The minimum Gasteiger partial charge on any atom is -0.385 e. The van der Waals surface area contributed by atoms with Crippen molar-refractivity contribution in [2.75, 3.05) is 0 Å². The molecule has 0 aliphatic heterocycles. The van der Waals surface area contributed by atoms with Crippen LogP contribution in [0.1, 0.15) is 64.0 Å². The van der Waals surface area contributed by atoms with Gasteiger partial charge in [-0.05, 0) is 55.1 Å². The van der Waals surface area contributed by atoms with Crippen LogP contribution in [0, 0.1) is 5.41 Å². The molecule has 0 bridgehead atoms. The smallest absolute Gasteiger partial charge is 0.0896 e. The Balaban J connectivity index is 2.19. The summed E-state index contributed by atoms with van der Waals surface area (Å²) in [6.07, 6.45) is 6.32. The van der Waals surface area contributed by atoms with E-state index in [0.29, 0.717) is 5.41 Å². The predicted molar refractivity (Wildman–Crippen MR) is 76.6 cm³/mol. The van der Waals surface area contributed by atoms with E-state index in [1.165, 1.54) is 12.0 Å². The van der Waals surface area contributed by atoms with Gasteiger partial charge in [0, 0.05) is 0 Å². The molecule has 1 heteroatoms. The number of benzene rings is 1. The lowest BCUT2D eigenvalue weighted by atomic mass is 9.82. The van der Waals surface area contributed by atoms with E-state index in [0.717, 1.165) is 37.7 Å². The zero-order valence-corrected chi connectivity index (χ0v) is 12.0. The van der Waals surface area contributed by atoms with Crippen LogP contribution in [-0.4, -0.2) is 5.11 Å². The topological polar surface area (TPSA) is 20.2 Å². The molecule has 1 nitrogen and oxygen atoms in total. The van der Waals surface area contributed by atoms with Crippen LogP contribution in [0.3, 0.4) is 0 Å². The molecule has 0 amide bonds. The summed E-state index contributed by atoms with van der Waals surface area (Å²) in [6.45, 7) is 6.80. The summed E-state index contributed by atoms with van der Waals surface area (Å²) < 4.78 is 0. The Morgan fingerprint density at radius 1 is 1.00 bits per heavy atom. The van der Waals surface area contributed by atoms with E-state index < -0.39 is 5.60 Å². The number of hydrogen-bond acceptors (Lipinski definition) is 1. The first-order valence-electron chi connectivity index (χ1n) is 7.27. The molecule has 1 saturated carbocycles. The molecule has 0 saturated heterocycles. The standard InChI is InChI=1S/C17H26O/c1-4-14-6-8-15(9-7-14)17(18)11-5-10-16(2,3)12-13-17/h6-9,18H,4-5,10-13H2,1-3H3. The maximum absolute atomic E-state index is 10.9. The van der Waals surface area contributed by atoms with Crippen molar-refractivity contribution in [2.45, 2.75) is 64.9 Å². The molecule has 1 unspecified atom stereocenters. The molecule has 1 aromatic carbocycles. The Kier molecular flexibility index (Phi) is 3.82. The molecule has 1 aliphatic rings. The van der Waals surface area contributed by atoms with E-state index in [4.69, 9.17) is 0 Å². The summed E-state index contributed by atoms with van der Waals surface area (Å²) in [4.78, 5) is 0. The van der Waals surface area contributed by atoms with Crippen LogP contribution in [0.25, 0.3) is 0 Å². The highest BCUT2D eigenvalue weighted by Gasteiger charge is 2.34. The van der Waals surface area contributed by atoms with Crippen LogP contribution in [0.5, 0.6) is 0 Å². The van der Waals surface area contributed by atoms with Gasteiger partial charge in [-0.1, -0.05) is 45.0 Å². The third kappa shape index (κ3) is 2.95. The number of hydrogen-bond donors (Lipinski definition) is 1. The van der Waals surface area contributed by atoms with Crippen LogP contribution >= 0.6 is 0 Å². The fraction of sp³-hybridized carbons (Fsp3) is 0.647. The first-order chi connectivity index (χ1) is 8.45. The van der Waals surface area contributed by atoms with Gasteiger partial charge in [0.15, 0.2) is 0 Å². The van der Waals surface area contributed by atoms with Crippen molar-refractivity contribution >= 4 is 0 Å². The summed E-state index contributed by atoms with van der Waals surface area (Å²) in [7, 11) is 0. The van der Waals surface area contributed by atoms with Crippen LogP contribution in [0.15, 0.2) is 24.3 Å². The van der Waals surface area contributed by atoms with Gasteiger partial charge in [-0.3, -0.25) is 0 Å². The lowest BCUT2D eigenvalue weighted by molar-refractivity contribution is 0.0180. The van der Waals surface area contributed by atoms with Crippen molar-refractivity contribution in [2.24, 2.45) is 5.41 Å². The van der Waals surface area contributed by atoms with Gasteiger partial charge in [0.2, 0.25) is 0 Å². The highest BCUT2D eigenvalue weighted by atomic mass is 16.3. The van der Waals surface area contributed by atoms with Crippen molar-refractivity contribution in [3.05, 3.63) is 35.4 Å². The van der Waals surface area contributed by atoms with Crippen molar-refractivity contribution in [3.63, 3.8) is 0 Å². The number of rotatable bonds is 2. The van der Waals surface area contributed by atoms with Crippen molar-refractivity contribution < 1.29 is 5.11 Å². The molecule has 1 aromatic rings. The van der Waals surface area contributed by atoms with Gasteiger partial charge in [0.1, 0.15) is 0 Å². The lowest BCUT2D eigenvalue weighted by Gasteiger charge is -2.28. The second kappa shape index (κ2) is 5.05. The quantitative estimate of drug-likeness (QED) is 0.765. The fourth-order valence-corrected chi connectivity index (χ4v) is 2.99. The first kappa shape index (κ1) is 13.6. The van der Waals surface area contributed by atoms with Gasteiger partial charge in [0.05, 0.1) is 5.60 Å². The van der Waals surface area contributed by atoms with Gasteiger partial charge in [-0.2, -0.15) is 0 Å². The molecule has 0 radical (unpaired) electrons. The van der Waals surface area contributed by atoms with Crippen molar-refractivity contribution in [1.29, 1.82) is 0 Å². The van der Waals surface area contributed by atoms with Gasteiger partial charge in [0.25, 0.3) is 0 Å². The monoisotopic (exact) mass is 246 g/mol. The Morgan fingerprint density at radius 3 is 2.28 bits per heavy atom. The van der Waals surface area contributed by atoms with Crippen LogP contribution < -0.4 is 0 Å². The molecule has 0 spiro atoms. The summed E-state index contributed by atoms with van der Waals surface area (Å²) in [5.74, 6) is 0. The summed E-state index contributed by atoms with van der Waals surface area (Å²) in [5, 5.41) is 10.9. The third-order valence-corrected chi connectivity index (χ3v) is 4.56. The van der Waals surface area contributed by atoms with Gasteiger partial charge < -0.3 is 5.11 Å². The Bertz CT molecular complexity index is 391. The minimum atomic E-state index is -0.597. The largest absolute Gasteiger partial charge is 0.385 e. The van der Waals surface area contributed by atoms with Crippen molar-refractivity contribution in [3.8, 4) is 0 Å². The second-order valence-corrected chi connectivity index (χ2v) is 6.60. The minimum absolute atomic E-state index is 0.383. The van der Waals surface area contributed by atoms with Crippen molar-refractivity contribution in [1.82, 2.24) is 0 Å². The average Bonchev–Trinajstić information content (AvgIpc) is 2.50. The molecule has 0 heterocycles. The molecular formula is C17H26O. The van der Waals surface area contributed by atoms with Crippen LogP contribution in [-0.2, 0) is 12.0 Å². The normalized spacial score (nSPS) is 27.8. The summed E-state index contributed by atoms with van der Waals surface area (Å²) >= 11 is 0. The molecule has 100 valence electrons. The zero-order valence-electron chi connectivity index (χ0n) is 12.0. The Morgan fingerprint density at radius 2 is 1.67 bits per heavy atom. The second-order valence-electron chi connectivity index (χ2n) is 6.60. The van der Waals surface area contributed by atoms with Gasteiger partial charge in [-0.25, -0.2) is 0 Å². The molecule has 2 rings (SSSR count). The van der Waals surface area contributed by atoms with E-state index in [9.17, 15) is 5.11 Å². The third-order valence-electron chi connectivity index (χ3n) is 4.56. The Hall–Kier alpha value is -0.820. The van der Waals surface area contributed by atoms with Crippen LogP contribution in [0.2, 0.25) is 0 Å². The molecule has 18 heavy (non-hydrogen) atoms. The summed E-state index contributed by atoms with van der Waals surface area (Å²) in [6, 6.07) is 8.56. The van der Waals surface area contributed by atoms with E-state index in [1.807, 2.05) is 0 Å². The van der Waals surface area contributed by atoms with E-state index >= 15 is 0 Å². The lowest BCUT2D eigenvalue weighted by Crippen LogP contribution is -2.25. The SMILES string of the molecule is CCc1ccc(C2(O)CCCC(C)(C)CC2)cc1. The number of aryl methyl sites for hydroxylation is 1. The summed E-state index contributed by atoms with van der Waals surface area (Å²) in [5.41, 5.74) is 2.24. The maximum Gasteiger partial charge on any atom is 0.0896 e. The molecule has 0 aromatic heterocycles. The molecule has 1 N–H and O–H groups in total. The zero-order chi connectivity index (χ0) is 13.2. The van der Waals surface area contributed by atoms with E-state index in [2.05, 4.69) is 45.0 Å². The maximum atomic E-state index is 10.9. The fourth-order valence-electron chi connectivity index (χ4n) is 2.99. The molecule has 1 fully saturated rings. The van der Waals surface area contributed by atoms with Crippen LogP contribution in [0.4, 0.5) is 0 Å². The molecular weight excluding hydrogens is 220 g/mol. The highest BCUT2D eigenvalue weighted by Crippen LogP contribution is 2.42. The Labute approximate surface area is 111 Å². The molecule has 1 atom stereocenters. The van der Waals surface area contributed by atoms with Gasteiger partial charge in [-0.15, -0.1) is 0 Å². The predicted octanol–water partition coefficient (Wildman–Crippen LogP) is 4.43. The highest BCUT2D eigenvalue weighted by molar-refractivity contribution is 5.27. The first-order valence-corrected chi connectivity index (χ1v) is 7.27. The molecule has 1 aliphatic carbocycles. The van der Waals surface area contributed by atoms with E-state index in [-0.39, 0.29) is 0 Å². The average molecular weight is 246 g/mol. The number of aliphatic hydroxyl groups is 1.